The molecule has 2 aromatic rings. The van der Waals surface area contributed by atoms with E-state index in [-0.39, 0.29) is 5.91 Å². The van der Waals surface area contributed by atoms with E-state index in [2.05, 4.69) is 0 Å². The van der Waals surface area contributed by atoms with E-state index in [1.807, 2.05) is 68.1 Å². The van der Waals surface area contributed by atoms with Crippen LogP contribution in [0.2, 0.25) is 0 Å². The van der Waals surface area contributed by atoms with E-state index in [0.717, 1.165) is 27.9 Å². The smallest absolute Gasteiger partial charge is 0.254 e. The quantitative estimate of drug-likeness (QED) is 0.872. The average Bonchev–Trinajstić information content (AvgIpc) is 2.48. The summed E-state index contributed by atoms with van der Waals surface area (Å²) in [5, 5.41) is 0. The Kier molecular flexibility index (Phi) is 4.63. The van der Waals surface area contributed by atoms with Crippen molar-refractivity contribution in [3.8, 4) is 0 Å². The molecular formula is C18H22N2O. The molecule has 0 atom stereocenters. The fourth-order valence-corrected chi connectivity index (χ4v) is 2.36. The molecule has 3 nitrogen and oxygen atoms in total. The molecule has 0 aliphatic carbocycles. The fourth-order valence-electron chi connectivity index (χ4n) is 2.36. The first-order valence-electron chi connectivity index (χ1n) is 7.23. The second kappa shape index (κ2) is 6.44. The van der Waals surface area contributed by atoms with E-state index in [0.29, 0.717) is 13.1 Å². The van der Waals surface area contributed by atoms with Gasteiger partial charge in [0.05, 0.1) is 0 Å². The van der Waals surface area contributed by atoms with Crippen molar-refractivity contribution in [2.45, 2.75) is 27.3 Å². The van der Waals surface area contributed by atoms with Gasteiger partial charge >= 0.3 is 0 Å². The van der Waals surface area contributed by atoms with Crippen molar-refractivity contribution in [1.29, 1.82) is 0 Å². The zero-order valence-corrected chi connectivity index (χ0v) is 12.9. The number of amides is 1. The van der Waals surface area contributed by atoms with Crippen LogP contribution in [0.15, 0.2) is 42.5 Å². The van der Waals surface area contributed by atoms with Gasteiger partial charge in [0, 0.05) is 24.3 Å². The topological polar surface area (TPSA) is 46.3 Å². The fraction of sp³-hybridized carbons (Fsp3) is 0.278. The Labute approximate surface area is 126 Å². The molecule has 0 heterocycles. The van der Waals surface area contributed by atoms with Gasteiger partial charge in [0.2, 0.25) is 0 Å². The number of nitrogens with zero attached hydrogens (tertiary/aromatic N) is 1. The second-order valence-corrected chi connectivity index (χ2v) is 5.27. The van der Waals surface area contributed by atoms with Gasteiger partial charge in [-0.1, -0.05) is 30.3 Å². The summed E-state index contributed by atoms with van der Waals surface area (Å²) < 4.78 is 0. The molecule has 0 saturated heterocycles. The highest BCUT2D eigenvalue weighted by Crippen LogP contribution is 2.18. The molecule has 1 amide bonds. The minimum Gasteiger partial charge on any atom is -0.398 e. The van der Waals surface area contributed by atoms with Crippen LogP contribution >= 0.6 is 0 Å². The summed E-state index contributed by atoms with van der Waals surface area (Å²) in [5.41, 5.74) is 10.6. The second-order valence-electron chi connectivity index (χ2n) is 5.27. The first-order chi connectivity index (χ1) is 10.0. The van der Waals surface area contributed by atoms with Crippen molar-refractivity contribution in [3.05, 3.63) is 64.7 Å². The van der Waals surface area contributed by atoms with Crippen molar-refractivity contribution in [1.82, 2.24) is 4.90 Å². The van der Waals surface area contributed by atoms with Crippen LogP contribution in [0.3, 0.4) is 0 Å². The lowest BCUT2D eigenvalue weighted by molar-refractivity contribution is 0.0752. The highest BCUT2D eigenvalue weighted by Gasteiger charge is 2.17. The molecule has 3 heteroatoms. The number of aryl methyl sites for hydroxylation is 1. The van der Waals surface area contributed by atoms with Gasteiger partial charge in [0.15, 0.2) is 0 Å². The molecular weight excluding hydrogens is 260 g/mol. The summed E-state index contributed by atoms with van der Waals surface area (Å²) in [7, 11) is 0. The molecule has 0 aromatic heterocycles. The highest BCUT2D eigenvalue weighted by atomic mass is 16.2. The highest BCUT2D eigenvalue weighted by molar-refractivity contribution is 5.96. The Bertz CT molecular complexity index is 649. The number of rotatable bonds is 4. The molecule has 2 rings (SSSR count). The van der Waals surface area contributed by atoms with E-state index in [9.17, 15) is 4.79 Å². The third-order valence-corrected chi connectivity index (χ3v) is 3.92. The molecule has 0 aliphatic rings. The molecule has 110 valence electrons. The predicted molar refractivity (Wildman–Crippen MR) is 87.2 cm³/mol. The van der Waals surface area contributed by atoms with E-state index in [4.69, 9.17) is 5.73 Å². The van der Waals surface area contributed by atoms with Crippen LogP contribution in [0.4, 0.5) is 5.69 Å². The van der Waals surface area contributed by atoms with Gasteiger partial charge in [-0.3, -0.25) is 4.79 Å². The van der Waals surface area contributed by atoms with E-state index >= 15 is 0 Å². The molecule has 2 N–H and O–H groups in total. The van der Waals surface area contributed by atoms with Crippen molar-refractivity contribution in [2.24, 2.45) is 0 Å². The van der Waals surface area contributed by atoms with Crippen molar-refractivity contribution < 1.29 is 4.79 Å². The molecule has 0 spiro atoms. The summed E-state index contributed by atoms with van der Waals surface area (Å²) in [4.78, 5) is 14.6. The molecule has 0 unspecified atom stereocenters. The Balaban J connectivity index is 2.27. The lowest BCUT2D eigenvalue weighted by atomic mass is 10.0. The standard InChI is InChI=1S/C18H22N2O/c1-4-20(12-15-9-5-6-11-17(15)19)18(21)16-10-7-8-13(2)14(16)3/h5-11H,4,12,19H2,1-3H3. The summed E-state index contributed by atoms with van der Waals surface area (Å²) in [6.45, 7) is 7.20. The lowest BCUT2D eigenvalue weighted by Crippen LogP contribution is -2.31. The predicted octanol–water partition coefficient (Wildman–Crippen LogP) is 3.55. The van der Waals surface area contributed by atoms with Gasteiger partial charge in [0.25, 0.3) is 5.91 Å². The number of hydrogen-bond acceptors (Lipinski definition) is 2. The third-order valence-electron chi connectivity index (χ3n) is 3.92. The Morgan fingerprint density at radius 2 is 1.81 bits per heavy atom. The average molecular weight is 282 g/mol. The molecule has 0 saturated carbocycles. The SMILES string of the molecule is CCN(Cc1ccccc1N)C(=O)c1cccc(C)c1C. The number of para-hydroxylation sites is 1. The Morgan fingerprint density at radius 3 is 2.48 bits per heavy atom. The molecule has 0 aliphatic heterocycles. The van der Waals surface area contributed by atoms with Crippen LogP contribution in [0.5, 0.6) is 0 Å². The van der Waals surface area contributed by atoms with E-state index < -0.39 is 0 Å². The zero-order valence-electron chi connectivity index (χ0n) is 12.9. The van der Waals surface area contributed by atoms with Gasteiger partial charge in [0.1, 0.15) is 0 Å². The molecule has 0 bridgehead atoms. The number of benzene rings is 2. The first-order valence-corrected chi connectivity index (χ1v) is 7.23. The normalized spacial score (nSPS) is 10.4. The van der Waals surface area contributed by atoms with Crippen molar-refractivity contribution >= 4 is 11.6 Å². The third kappa shape index (κ3) is 3.24. The minimum atomic E-state index is 0.0574. The van der Waals surface area contributed by atoms with Crippen molar-refractivity contribution in [3.63, 3.8) is 0 Å². The molecule has 0 radical (unpaired) electrons. The largest absolute Gasteiger partial charge is 0.398 e. The van der Waals surface area contributed by atoms with Crippen molar-refractivity contribution in [2.75, 3.05) is 12.3 Å². The molecule has 21 heavy (non-hydrogen) atoms. The van der Waals surface area contributed by atoms with Crippen LogP contribution in [0.1, 0.15) is 34.0 Å². The maximum atomic E-state index is 12.7. The Morgan fingerprint density at radius 1 is 1.10 bits per heavy atom. The van der Waals surface area contributed by atoms with Crippen LogP contribution in [-0.2, 0) is 6.54 Å². The number of hydrogen-bond donors (Lipinski definition) is 1. The number of anilines is 1. The van der Waals surface area contributed by atoms with Gasteiger partial charge < -0.3 is 10.6 Å². The van der Waals surface area contributed by atoms with Crippen LogP contribution in [-0.4, -0.2) is 17.4 Å². The summed E-state index contributed by atoms with van der Waals surface area (Å²) in [6.07, 6.45) is 0. The van der Waals surface area contributed by atoms with Gasteiger partial charge in [-0.2, -0.15) is 0 Å². The first kappa shape index (κ1) is 15.1. The Hall–Kier alpha value is -2.29. The zero-order chi connectivity index (χ0) is 15.4. The summed E-state index contributed by atoms with van der Waals surface area (Å²) >= 11 is 0. The number of nitrogen functional groups attached to an aromatic ring is 1. The molecule has 0 fully saturated rings. The van der Waals surface area contributed by atoms with Gasteiger partial charge in [-0.05, 0) is 49.6 Å². The van der Waals surface area contributed by atoms with Crippen LogP contribution in [0.25, 0.3) is 0 Å². The summed E-state index contributed by atoms with van der Waals surface area (Å²) in [5.74, 6) is 0.0574. The van der Waals surface area contributed by atoms with E-state index in [1.54, 1.807) is 0 Å². The van der Waals surface area contributed by atoms with Gasteiger partial charge in [-0.15, -0.1) is 0 Å². The van der Waals surface area contributed by atoms with Crippen LogP contribution < -0.4 is 5.73 Å². The lowest BCUT2D eigenvalue weighted by Gasteiger charge is -2.23. The maximum absolute atomic E-state index is 12.7. The minimum absolute atomic E-state index is 0.0574. The monoisotopic (exact) mass is 282 g/mol. The number of carbonyl (C=O) groups excluding carboxylic acids is 1. The summed E-state index contributed by atoms with van der Waals surface area (Å²) in [6, 6.07) is 13.5. The maximum Gasteiger partial charge on any atom is 0.254 e. The number of carbonyl (C=O) groups is 1. The number of nitrogens with two attached hydrogens (primary N) is 1. The van der Waals surface area contributed by atoms with Gasteiger partial charge in [-0.25, -0.2) is 0 Å². The molecule has 2 aromatic carbocycles. The van der Waals surface area contributed by atoms with Crippen LogP contribution in [0, 0.1) is 13.8 Å². The van der Waals surface area contributed by atoms with E-state index in [1.165, 1.54) is 0 Å².